The Morgan fingerprint density at radius 1 is 1.32 bits per heavy atom. The number of para-hydroxylation sites is 2. The van der Waals surface area contributed by atoms with E-state index >= 15 is 0 Å². The number of nitrogens with zero attached hydrogens (tertiary/aromatic N) is 2. The van der Waals surface area contributed by atoms with Gasteiger partial charge in [-0.2, -0.15) is 0 Å². The zero-order chi connectivity index (χ0) is 19.5. The number of methoxy groups -OCH3 is 1. The molecule has 0 saturated heterocycles. The number of rotatable bonds is 6. The minimum absolute atomic E-state index is 0.00509. The molecule has 4 rings (SSSR count). The summed E-state index contributed by atoms with van der Waals surface area (Å²) in [6.45, 7) is 0.887. The number of likely N-dealkylation sites (N-methyl/N-ethyl adjacent to an activating group) is 1. The lowest BCUT2D eigenvalue weighted by atomic mass is 10.2. The molecule has 2 heterocycles. The van der Waals surface area contributed by atoms with E-state index in [1.165, 1.54) is 11.8 Å². The average Bonchev–Trinajstić information content (AvgIpc) is 3.13. The molecule has 0 unspecified atom stereocenters. The van der Waals surface area contributed by atoms with Gasteiger partial charge in [-0.25, -0.2) is 4.98 Å². The van der Waals surface area contributed by atoms with E-state index in [-0.39, 0.29) is 17.8 Å². The summed E-state index contributed by atoms with van der Waals surface area (Å²) in [4.78, 5) is 21.9. The summed E-state index contributed by atoms with van der Waals surface area (Å²) in [6.07, 6.45) is -0.187. The molecule has 0 aliphatic carbocycles. The third-order valence-electron chi connectivity index (χ3n) is 4.47. The fourth-order valence-electron chi connectivity index (χ4n) is 2.96. The summed E-state index contributed by atoms with van der Waals surface area (Å²) in [5, 5.41) is 0.705. The van der Waals surface area contributed by atoms with Gasteiger partial charge in [-0.15, -0.1) is 0 Å². The predicted molar refractivity (Wildman–Crippen MR) is 107 cm³/mol. The summed E-state index contributed by atoms with van der Waals surface area (Å²) in [5.41, 5.74) is 1.73. The van der Waals surface area contributed by atoms with Crippen LogP contribution in [-0.4, -0.2) is 59.9 Å². The van der Waals surface area contributed by atoms with Gasteiger partial charge in [0.15, 0.2) is 22.8 Å². The molecule has 1 N–H and O–H groups in total. The van der Waals surface area contributed by atoms with Crippen LogP contribution in [0.1, 0.15) is 0 Å². The number of carbonyl (C=O) groups is 1. The Bertz CT molecular complexity index is 990. The maximum absolute atomic E-state index is 12.5. The average molecular weight is 399 g/mol. The van der Waals surface area contributed by atoms with Crippen LogP contribution in [0.2, 0.25) is 0 Å². The van der Waals surface area contributed by atoms with E-state index in [0.29, 0.717) is 24.1 Å². The molecule has 0 spiro atoms. The Morgan fingerprint density at radius 3 is 2.96 bits per heavy atom. The molecule has 1 aromatic heterocycles. The molecule has 1 atom stereocenters. The number of fused-ring (bicyclic) bond motifs is 2. The maximum atomic E-state index is 12.5. The number of hydrogen-bond donors (Lipinski definition) is 1. The second-order valence-electron chi connectivity index (χ2n) is 6.49. The van der Waals surface area contributed by atoms with Gasteiger partial charge < -0.3 is 24.1 Å². The highest BCUT2D eigenvalue weighted by molar-refractivity contribution is 7.99. The van der Waals surface area contributed by atoms with Crippen molar-refractivity contribution in [3.8, 4) is 17.2 Å². The monoisotopic (exact) mass is 399 g/mol. The van der Waals surface area contributed by atoms with Crippen LogP contribution in [0.15, 0.2) is 47.6 Å². The van der Waals surface area contributed by atoms with Crippen molar-refractivity contribution in [2.24, 2.45) is 0 Å². The van der Waals surface area contributed by atoms with Gasteiger partial charge >= 0.3 is 0 Å². The quantitative estimate of drug-likeness (QED) is 0.642. The van der Waals surface area contributed by atoms with E-state index in [9.17, 15) is 4.79 Å². The lowest BCUT2D eigenvalue weighted by molar-refractivity contribution is -0.128. The van der Waals surface area contributed by atoms with E-state index in [0.717, 1.165) is 22.5 Å². The Labute approximate surface area is 167 Å². The first kappa shape index (κ1) is 18.5. The highest BCUT2D eigenvalue weighted by Gasteiger charge is 2.23. The fraction of sp³-hybridized carbons (Fsp3) is 0.300. The second-order valence-corrected chi connectivity index (χ2v) is 7.45. The van der Waals surface area contributed by atoms with Gasteiger partial charge in [0, 0.05) is 13.1 Å². The van der Waals surface area contributed by atoms with Crippen molar-refractivity contribution in [2.45, 2.75) is 11.3 Å². The van der Waals surface area contributed by atoms with Gasteiger partial charge in [0.25, 0.3) is 0 Å². The molecule has 0 radical (unpaired) electrons. The van der Waals surface area contributed by atoms with Crippen LogP contribution < -0.4 is 14.2 Å². The summed E-state index contributed by atoms with van der Waals surface area (Å²) in [7, 11) is 3.40. The van der Waals surface area contributed by atoms with Crippen LogP contribution in [0, 0.1) is 0 Å². The molecule has 7 nitrogen and oxygen atoms in total. The van der Waals surface area contributed by atoms with Crippen LogP contribution >= 0.6 is 11.8 Å². The van der Waals surface area contributed by atoms with Crippen molar-refractivity contribution < 1.29 is 19.0 Å². The van der Waals surface area contributed by atoms with Gasteiger partial charge in [0.2, 0.25) is 5.91 Å². The normalized spacial score (nSPS) is 15.4. The van der Waals surface area contributed by atoms with E-state index < -0.39 is 0 Å². The zero-order valence-corrected chi connectivity index (χ0v) is 16.5. The van der Waals surface area contributed by atoms with Gasteiger partial charge in [0.05, 0.1) is 30.4 Å². The number of imidazole rings is 1. The van der Waals surface area contributed by atoms with Crippen molar-refractivity contribution >= 4 is 28.7 Å². The minimum Gasteiger partial charge on any atom is -0.497 e. The molecule has 1 amide bonds. The number of carbonyl (C=O) groups excluding carboxylic acids is 1. The number of aromatic nitrogens is 2. The molecule has 28 heavy (non-hydrogen) atoms. The zero-order valence-electron chi connectivity index (χ0n) is 15.7. The van der Waals surface area contributed by atoms with E-state index in [1.54, 1.807) is 19.1 Å². The first-order valence-electron chi connectivity index (χ1n) is 8.91. The van der Waals surface area contributed by atoms with Crippen molar-refractivity contribution in [3.05, 3.63) is 42.5 Å². The number of H-pyrrole nitrogens is 1. The molecule has 1 aliphatic heterocycles. The van der Waals surface area contributed by atoms with Gasteiger partial charge in [0.1, 0.15) is 12.4 Å². The van der Waals surface area contributed by atoms with Gasteiger partial charge in [-0.1, -0.05) is 23.9 Å². The molecule has 1 aliphatic rings. The molecular formula is C20H21N3O4S. The SMILES string of the molecule is COc1ccc2nc(SCC(=O)N(C)C[C@@H]3COc4ccccc4O3)[nH]c2c1. The lowest BCUT2D eigenvalue weighted by Gasteiger charge is -2.29. The topological polar surface area (TPSA) is 76.7 Å². The van der Waals surface area contributed by atoms with Crippen LogP contribution in [0.5, 0.6) is 17.2 Å². The van der Waals surface area contributed by atoms with Gasteiger partial charge in [-0.05, 0) is 24.3 Å². The summed E-state index contributed by atoms with van der Waals surface area (Å²) >= 11 is 1.38. The molecule has 0 saturated carbocycles. The van der Waals surface area contributed by atoms with Crippen LogP contribution in [-0.2, 0) is 4.79 Å². The molecule has 0 fully saturated rings. The molecular weight excluding hydrogens is 378 g/mol. The second kappa shape index (κ2) is 8.02. The summed E-state index contributed by atoms with van der Waals surface area (Å²) in [5.74, 6) is 2.51. The lowest BCUT2D eigenvalue weighted by Crippen LogP contribution is -2.42. The van der Waals surface area contributed by atoms with Crippen molar-refractivity contribution in [2.75, 3.05) is 33.1 Å². The summed E-state index contributed by atoms with van der Waals surface area (Å²) < 4.78 is 16.8. The van der Waals surface area contributed by atoms with E-state index in [4.69, 9.17) is 14.2 Å². The fourth-order valence-corrected chi connectivity index (χ4v) is 3.79. The first-order valence-corrected chi connectivity index (χ1v) is 9.90. The molecule has 3 aromatic rings. The van der Waals surface area contributed by atoms with E-state index in [1.807, 2.05) is 42.5 Å². The van der Waals surface area contributed by atoms with Crippen LogP contribution in [0.25, 0.3) is 11.0 Å². The Kier molecular flexibility index (Phi) is 5.29. The highest BCUT2D eigenvalue weighted by atomic mass is 32.2. The summed E-state index contributed by atoms with van der Waals surface area (Å²) in [6, 6.07) is 13.2. The molecule has 146 valence electrons. The largest absolute Gasteiger partial charge is 0.497 e. The standard InChI is InChI=1S/C20H21N3O4S/c1-23(10-14-11-26-17-5-3-4-6-18(17)27-14)19(24)12-28-20-21-15-8-7-13(25-2)9-16(15)22-20/h3-9,14H,10-12H2,1-2H3,(H,21,22)/t14-/m1/s1. The molecule has 8 heteroatoms. The van der Waals surface area contributed by atoms with Crippen molar-refractivity contribution in [3.63, 3.8) is 0 Å². The van der Waals surface area contributed by atoms with Crippen LogP contribution in [0.3, 0.4) is 0 Å². The Morgan fingerprint density at radius 2 is 2.14 bits per heavy atom. The van der Waals surface area contributed by atoms with Gasteiger partial charge in [-0.3, -0.25) is 4.79 Å². The Hall–Kier alpha value is -2.87. The number of benzene rings is 2. The number of hydrogen-bond acceptors (Lipinski definition) is 6. The maximum Gasteiger partial charge on any atom is 0.232 e. The van der Waals surface area contributed by atoms with Crippen molar-refractivity contribution in [1.82, 2.24) is 14.9 Å². The molecule has 2 aromatic carbocycles. The van der Waals surface area contributed by atoms with Crippen molar-refractivity contribution in [1.29, 1.82) is 0 Å². The number of amides is 1. The predicted octanol–water partition coefficient (Wildman–Crippen LogP) is 2.96. The first-order chi connectivity index (χ1) is 13.6. The minimum atomic E-state index is -0.187. The third kappa shape index (κ3) is 4.01. The van der Waals surface area contributed by atoms with Crippen LogP contribution in [0.4, 0.5) is 0 Å². The Balaban J connectivity index is 1.31. The highest BCUT2D eigenvalue weighted by Crippen LogP contribution is 2.31. The number of ether oxygens (including phenoxy) is 3. The smallest absolute Gasteiger partial charge is 0.232 e. The molecule has 0 bridgehead atoms. The third-order valence-corrected chi connectivity index (χ3v) is 5.33. The number of aromatic amines is 1. The number of thioether (sulfide) groups is 1. The number of nitrogens with one attached hydrogen (secondary N) is 1. The van der Waals surface area contributed by atoms with E-state index in [2.05, 4.69) is 9.97 Å².